The highest BCUT2D eigenvalue weighted by molar-refractivity contribution is 7.99. The van der Waals surface area contributed by atoms with Crippen molar-refractivity contribution in [3.8, 4) is 17.1 Å². The van der Waals surface area contributed by atoms with Gasteiger partial charge in [-0.3, -0.25) is 9.36 Å². The molecule has 0 fully saturated rings. The molecule has 6 heteroatoms. The van der Waals surface area contributed by atoms with Crippen LogP contribution in [-0.4, -0.2) is 32.6 Å². The number of aromatic nitrogens is 3. The molecule has 140 valence electrons. The molecule has 0 spiro atoms. The SMILES string of the molecule is Cc1ccc(-n2c(SCC(=O)OC(C)C)nnc2-c2cccc(C)c2)cc1. The lowest BCUT2D eigenvalue weighted by Crippen LogP contribution is -2.13. The molecule has 0 bridgehead atoms. The zero-order valence-corrected chi connectivity index (χ0v) is 16.8. The van der Waals surface area contributed by atoms with Crippen LogP contribution < -0.4 is 0 Å². The number of nitrogens with zero attached hydrogens (tertiary/aromatic N) is 3. The van der Waals surface area contributed by atoms with Gasteiger partial charge < -0.3 is 4.74 Å². The number of hydrogen-bond acceptors (Lipinski definition) is 5. The van der Waals surface area contributed by atoms with Gasteiger partial charge in [-0.25, -0.2) is 0 Å². The fourth-order valence-corrected chi connectivity index (χ4v) is 3.42. The highest BCUT2D eigenvalue weighted by Gasteiger charge is 2.18. The van der Waals surface area contributed by atoms with Crippen LogP contribution in [0, 0.1) is 13.8 Å². The summed E-state index contributed by atoms with van der Waals surface area (Å²) in [6.45, 7) is 7.78. The van der Waals surface area contributed by atoms with Gasteiger partial charge >= 0.3 is 5.97 Å². The van der Waals surface area contributed by atoms with Crippen LogP contribution in [0.2, 0.25) is 0 Å². The zero-order chi connectivity index (χ0) is 19.4. The topological polar surface area (TPSA) is 57.0 Å². The predicted molar refractivity (Wildman–Crippen MR) is 108 cm³/mol. The first-order valence-corrected chi connectivity index (χ1v) is 9.84. The van der Waals surface area contributed by atoms with Gasteiger partial charge in [0, 0.05) is 11.3 Å². The number of esters is 1. The standard InChI is InChI=1S/C21H23N3O2S/c1-14(2)26-19(25)13-27-21-23-22-20(17-7-5-6-16(4)12-17)24(21)18-10-8-15(3)9-11-18/h5-12,14H,13H2,1-4H3. The Morgan fingerprint density at radius 3 is 2.48 bits per heavy atom. The Morgan fingerprint density at radius 1 is 1.07 bits per heavy atom. The molecule has 3 rings (SSSR count). The Hall–Kier alpha value is -2.60. The van der Waals surface area contributed by atoms with E-state index in [9.17, 15) is 4.79 Å². The molecule has 1 heterocycles. The Balaban J connectivity index is 1.98. The summed E-state index contributed by atoms with van der Waals surface area (Å²) in [5.74, 6) is 0.684. The summed E-state index contributed by atoms with van der Waals surface area (Å²) in [5, 5.41) is 9.41. The van der Waals surface area contributed by atoms with Crippen LogP contribution in [0.3, 0.4) is 0 Å². The molecule has 2 aromatic carbocycles. The fourth-order valence-electron chi connectivity index (χ4n) is 2.68. The molecule has 0 aliphatic carbocycles. The summed E-state index contributed by atoms with van der Waals surface area (Å²) in [7, 11) is 0. The molecule has 0 saturated carbocycles. The van der Waals surface area contributed by atoms with Gasteiger partial charge in [-0.05, 0) is 45.9 Å². The first-order chi connectivity index (χ1) is 12.9. The molecule has 0 unspecified atom stereocenters. The van der Waals surface area contributed by atoms with E-state index in [0.717, 1.165) is 22.6 Å². The van der Waals surface area contributed by atoms with E-state index in [0.29, 0.717) is 5.16 Å². The van der Waals surface area contributed by atoms with E-state index < -0.39 is 0 Å². The van der Waals surface area contributed by atoms with Crippen molar-refractivity contribution < 1.29 is 9.53 Å². The van der Waals surface area contributed by atoms with Crippen molar-refractivity contribution in [2.24, 2.45) is 0 Å². The first kappa shape index (κ1) is 19.2. The monoisotopic (exact) mass is 381 g/mol. The molecule has 27 heavy (non-hydrogen) atoms. The van der Waals surface area contributed by atoms with Crippen molar-refractivity contribution in [1.29, 1.82) is 0 Å². The summed E-state index contributed by atoms with van der Waals surface area (Å²) < 4.78 is 7.21. The van der Waals surface area contributed by atoms with Crippen molar-refractivity contribution in [3.05, 3.63) is 59.7 Å². The molecule has 0 saturated heterocycles. The zero-order valence-electron chi connectivity index (χ0n) is 16.0. The minimum Gasteiger partial charge on any atom is -0.462 e. The lowest BCUT2D eigenvalue weighted by Gasteiger charge is -2.11. The van der Waals surface area contributed by atoms with Gasteiger partial charge in [-0.15, -0.1) is 10.2 Å². The maximum absolute atomic E-state index is 11.9. The Labute approximate surface area is 163 Å². The summed E-state index contributed by atoms with van der Waals surface area (Å²) in [5.41, 5.74) is 4.28. The van der Waals surface area contributed by atoms with Crippen molar-refractivity contribution in [1.82, 2.24) is 14.8 Å². The van der Waals surface area contributed by atoms with Crippen LogP contribution in [-0.2, 0) is 9.53 Å². The van der Waals surface area contributed by atoms with Gasteiger partial charge in [0.15, 0.2) is 11.0 Å². The fraction of sp³-hybridized carbons (Fsp3) is 0.286. The summed E-state index contributed by atoms with van der Waals surface area (Å²) in [4.78, 5) is 11.9. The molecule has 0 N–H and O–H groups in total. The number of benzene rings is 2. The van der Waals surface area contributed by atoms with Gasteiger partial charge in [0.05, 0.1) is 11.9 Å². The molecule has 0 aliphatic rings. The van der Waals surface area contributed by atoms with Crippen molar-refractivity contribution in [3.63, 3.8) is 0 Å². The van der Waals surface area contributed by atoms with Crippen LogP contribution in [0.1, 0.15) is 25.0 Å². The summed E-state index contributed by atoms with van der Waals surface area (Å²) >= 11 is 1.33. The number of hydrogen-bond donors (Lipinski definition) is 0. The molecule has 3 aromatic rings. The lowest BCUT2D eigenvalue weighted by atomic mass is 10.1. The summed E-state index contributed by atoms with van der Waals surface area (Å²) in [6.07, 6.45) is -0.129. The quantitative estimate of drug-likeness (QED) is 0.461. The lowest BCUT2D eigenvalue weighted by molar-refractivity contribution is -0.144. The highest BCUT2D eigenvalue weighted by atomic mass is 32.2. The largest absolute Gasteiger partial charge is 0.462 e. The van der Waals surface area contributed by atoms with E-state index in [1.165, 1.54) is 17.3 Å². The normalized spacial score (nSPS) is 11.0. The van der Waals surface area contributed by atoms with E-state index in [4.69, 9.17) is 4.74 Å². The van der Waals surface area contributed by atoms with Crippen molar-refractivity contribution >= 4 is 17.7 Å². The smallest absolute Gasteiger partial charge is 0.316 e. The third-order valence-electron chi connectivity index (χ3n) is 3.89. The second-order valence-electron chi connectivity index (χ2n) is 6.67. The van der Waals surface area contributed by atoms with E-state index in [2.05, 4.69) is 35.3 Å². The number of ether oxygens (including phenoxy) is 1. The van der Waals surface area contributed by atoms with E-state index in [1.54, 1.807) is 0 Å². The van der Waals surface area contributed by atoms with Crippen molar-refractivity contribution in [2.75, 3.05) is 5.75 Å². The molecular weight excluding hydrogens is 358 g/mol. The molecule has 0 radical (unpaired) electrons. The van der Waals surface area contributed by atoms with Crippen molar-refractivity contribution in [2.45, 2.75) is 39.0 Å². The molecule has 0 atom stereocenters. The average Bonchev–Trinajstić information content (AvgIpc) is 3.04. The van der Waals surface area contributed by atoms with Crippen LogP contribution >= 0.6 is 11.8 Å². The number of thioether (sulfide) groups is 1. The number of rotatable bonds is 6. The van der Waals surface area contributed by atoms with E-state index in [-0.39, 0.29) is 17.8 Å². The predicted octanol–water partition coefficient (Wildman–Crippen LogP) is 4.59. The maximum atomic E-state index is 11.9. The average molecular weight is 382 g/mol. The number of carbonyl (C=O) groups is 1. The van der Waals surface area contributed by atoms with Crippen LogP contribution in [0.4, 0.5) is 0 Å². The Kier molecular flexibility index (Phi) is 5.96. The minimum absolute atomic E-state index is 0.129. The molecule has 0 aliphatic heterocycles. The van der Waals surface area contributed by atoms with Gasteiger partial charge in [0.1, 0.15) is 0 Å². The van der Waals surface area contributed by atoms with Crippen LogP contribution in [0.15, 0.2) is 53.7 Å². The maximum Gasteiger partial charge on any atom is 0.316 e. The van der Waals surface area contributed by atoms with E-state index >= 15 is 0 Å². The van der Waals surface area contributed by atoms with Gasteiger partial charge in [0.25, 0.3) is 0 Å². The number of aryl methyl sites for hydroxylation is 2. The molecular formula is C21H23N3O2S. The molecule has 5 nitrogen and oxygen atoms in total. The van der Waals surface area contributed by atoms with Crippen LogP contribution in [0.5, 0.6) is 0 Å². The third-order valence-corrected chi connectivity index (χ3v) is 4.79. The van der Waals surface area contributed by atoms with E-state index in [1.807, 2.05) is 55.7 Å². The molecule has 1 aromatic heterocycles. The van der Waals surface area contributed by atoms with Gasteiger partial charge in [-0.1, -0.05) is 53.2 Å². The summed E-state index contributed by atoms with van der Waals surface area (Å²) in [6, 6.07) is 16.3. The Bertz CT molecular complexity index is 933. The van der Waals surface area contributed by atoms with Gasteiger partial charge in [-0.2, -0.15) is 0 Å². The second-order valence-corrected chi connectivity index (χ2v) is 7.62. The van der Waals surface area contributed by atoms with Crippen LogP contribution in [0.25, 0.3) is 17.1 Å². The molecule has 0 amide bonds. The minimum atomic E-state index is -0.259. The second kappa shape index (κ2) is 8.39. The Morgan fingerprint density at radius 2 is 1.81 bits per heavy atom. The van der Waals surface area contributed by atoms with Gasteiger partial charge in [0.2, 0.25) is 0 Å². The number of carbonyl (C=O) groups excluding carboxylic acids is 1. The highest BCUT2D eigenvalue weighted by Crippen LogP contribution is 2.28. The third kappa shape index (κ3) is 4.77. The first-order valence-electron chi connectivity index (χ1n) is 8.86.